The van der Waals surface area contributed by atoms with Crippen molar-refractivity contribution in [3.63, 3.8) is 0 Å². The number of fused-ring (bicyclic) bond motifs is 2. The van der Waals surface area contributed by atoms with Crippen LogP contribution in [0.3, 0.4) is 0 Å². The molecule has 1 aliphatic heterocycles. The van der Waals surface area contributed by atoms with Gasteiger partial charge in [0.05, 0.1) is 28.9 Å². The summed E-state index contributed by atoms with van der Waals surface area (Å²) in [6, 6.07) is 6.28. The van der Waals surface area contributed by atoms with Gasteiger partial charge in [0.1, 0.15) is 0 Å². The van der Waals surface area contributed by atoms with Crippen molar-refractivity contribution < 1.29 is 13.2 Å². The van der Waals surface area contributed by atoms with Gasteiger partial charge in [0.2, 0.25) is 5.91 Å². The second-order valence-electron chi connectivity index (χ2n) is 5.95. The van der Waals surface area contributed by atoms with Crippen LogP contribution in [0, 0.1) is 6.92 Å². The Balaban J connectivity index is 1.69. The minimum Gasteiger partial charge on any atom is -0.326 e. The normalized spacial score (nSPS) is 13.8. The van der Waals surface area contributed by atoms with Crippen molar-refractivity contribution in [2.75, 3.05) is 10.0 Å². The van der Waals surface area contributed by atoms with Crippen molar-refractivity contribution in [3.8, 4) is 0 Å². The first-order valence-corrected chi connectivity index (χ1v) is 9.07. The van der Waals surface area contributed by atoms with Crippen LogP contribution in [0.15, 0.2) is 35.4 Å². The lowest BCUT2D eigenvalue weighted by molar-refractivity contribution is -0.115. The van der Waals surface area contributed by atoms with Gasteiger partial charge in [0.25, 0.3) is 10.0 Å². The van der Waals surface area contributed by atoms with E-state index in [-0.39, 0.29) is 17.2 Å². The minimum atomic E-state index is -3.78. The Labute approximate surface area is 143 Å². The first-order valence-electron chi connectivity index (χ1n) is 7.58. The number of nitrogens with zero attached hydrogens (tertiary/aromatic N) is 3. The molecule has 0 aliphatic carbocycles. The van der Waals surface area contributed by atoms with Crippen LogP contribution in [-0.4, -0.2) is 29.1 Å². The fraction of sp³-hybridized carbons (Fsp3) is 0.188. The van der Waals surface area contributed by atoms with Crippen molar-refractivity contribution in [2.24, 2.45) is 7.05 Å². The Morgan fingerprint density at radius 2 is 2.08 bits per heavy atom. The monoisotopic (exact) mass is 357 g/mol. The molecule has 2 N–H and O–H groups in total. The summed E-state index contributed by atoms with van der Waals surface area (Å²) in [4.78, 5) is 15.8. The number of hydrogen-bond donors (Lipinski definition) is 2. The van der Waals surface area contributed by atoms with Crippen LogP contribution in [0.4, 0.5) is 11.4 Å². The molecule has 0 fully saturated rings. The largest absolute Gasteiger partial charge is 0.326 e. The molecule has 0 saturated heterocycles. The Bertz CT molecular complexity index is 1130. The highest BCUT2D eigenvalue weighted by atomic mass is 32.2. The number of aryl methyl sites for hydroxylation is 2. The molecular formula is C16H15N5O3S. The molecule has 0 bridgehead atoms. The molecule has 1 amide bonds. The van der Waals surface area contributed by atoms with Gasteiger partial charge < -0.3 is 5.32 Å². The summed E-state index contributed by atoms with van der Waals surface area (Å²) in [7, 11) is -2.00. The maximum atomic E-state index is 12.6. The van der Waals surface area contributed by atoms with Crippen LogP contribution in [0.5, 0.6) is 0 Å². The van der Waals surface area contributed by atoms with Gasteiger partial charge in [0.15, 0.2) is 5.65 Å². The summed E-state index contributed by atoms with van der Waals surface area (Å²) >= 11 is 0. The van der Waals surface area contributed by atoms with Crippen LogP contribution >= 0.6 is 0 Å². The van der Waals surface area contributed by atoms with Crippen molar-refractivity contribution >= 4 is 38.3 Å². The van der Waals surface area contributed by atoms with Gasteiger partial charge in [-0.1, -0.05) is 0 Å². The van der Waals surface area contributed by atoms with Crippen LogP contribution in [0.25, 0.3) is 11.0 Å². The molecular weight excluding hydrogens is 342 g/mol. The highest BCUT2D eigenvalue weighted by Gasteiger charge is 2.22. The van der Waals surface area contributed by atoms with Gasteiger partial charge in [-0.05, 0) is 36.8 Å². The van der Waals surface area contributed by atoms with Crippen LogP contribution in [-0.2, 0) is 28.3 Å². The second kappa shape index (κ2) is 5.28. The zero-order valence-electron chi connectivity index (χ0n) is 13.6. The Kier molecular flexibility index (Phi) is 3.29. The Morgan fingerprint density at radius 1 is 1.28 bits per heavy atom. The standard InChI is InChI=1S/C16H15N5O3S/c1-9-13-7-11(8-17-16(13)21(2)19-9)20-25(23,24)12-3-4-14-10(5-12)6-15(22)18-14/h3-5,7-8,20H,6H2,1-2H3,(H,18,22). The molecule has 4 rings (SSSR count). The maximum absolute atomic E-state index is 12.6. The van der Waals surface area contributed by atoms with Gasteiger partial charge in [-0.15, -0.1) is 0 Å². The van der Waals surface area contributed by atoms with Crippen molar-refractivity contribution in [1.29, 1.82) is 0 Å². The van der Waals surface area contributed by atoms with Gasteiger partial charge in [0, 0.05) is 18.1 Å². The number of nitrogens with one attached hydrogen (secondary N) is 2. The van der Waals surface area contributed by atoms with E-state index in [2.05, 4.69) is 20.1 Å². The van der Waals surface area contributed by atoms with Crippen LogP contribution in [0.2, 0.25) is 0 Å². The lowest BCUT2D eigenvalue weighted by atomic mass is 10.2. The number of rotatable bonds is 3. The third-order valence-corrected chi connectivity index (χ3v) is 5.51. The molecule has 0 spiro atoms. The number of carbonyl (C=O) groups excluding carboxylic acids is 1. The molecule has 3 heterocycles. The molecule has 0 atom stereocenters. The lowest BCUT2D eigenvalue weighted by Crippen LogP contribution is -2.13. The molecule has 2 aromatic heterocycles. The Morgan fingerprint density at radius 3 is 2.88 bits per heavy atom. The second-order valence-corrected chi connectivity index (χ2v) is 7.64. The third kappa shape index (κ3) is 2.62. The zero-order chi connectivity index (χ0) is 17.8. The van der Waals surface area contributed by atoms with Crippen LogP contribution < -0.4 is 10.0 Å². The quantitative estimate of drug-likeness (QED) is 0.740. The Hall–Kier alpha value is -2.94. The molecule has 9 heteroatoms. The highest BCUT2D eigenvalue weighted by Crippen LogP contribution is 2.27. The first-order chi connectivity index (χ1) is 11.8. The number of aromatic nitrogens is 3. The summed E-state index contributed by atoms with van der Waals surface area (Å²) in [5.41, 5.74) is 3.14. The van der Waals surface area contributed by atoms with Gasteiger partial charge >= 0.3 is 0 Å². The average molecular weight is 357 g/mol. The first kappa shape index (κ1) is 15.6. The van der Waals surface area contributed by atoms with Crippen molar-refractivity contribution in [3.05, 3.63) is 41.7 Å². The average Bonchev–Trinajstić information content (AvgIpc) is 3.05. The number of amides is 1. The van der Waals surface area contributed by atoms with Gasteiger partial charge in [-0.25, -0.2) is 13.4 Å². The van der Waals surface area contributed by atoms with E-state index in [0.29, 0.717) is 22.6 Å². The van der Waals surface area contributed by atoms with E-state index >= 15 is 0 Å². The fourth-order valence-corrected chi connectivity index (χ4v) is 4.03. The number of pyridine rings is 1. The molecule has 25 heavy (non-hydrogen) atoms. The van der Waals surface area contributed by atoms with Gasteiger partial charge in [-0.3, -0.25) is 14.2 Å². The van der Waals surface area contributed by atoms with Crippen molar-refractivity contribution in [1.82, 2.24) is 14.8 Å². The maximum Gasteiger partial charge on any atom is 0.261 e. The summed E-state index contributed by atoms with van der Waals surface area (Å²) in [6.45, 7) is 1.84. The third-order valence-electron chi connectivity index (χ3n) is 4.13. The smallest absolute Gasteiger partial charge is 0.261 e. The molecule has 3 aromatic rings. The molecule has 0 radical (unpaired) electrons. The van der Waals surface area contributed by atoms with E-state index in [0.717, 1.165) is 11.1 Å². The van der Waals surface area contributed by atoms with Crippen LogP contribution in [0.1, 0.15) is 11.3 Å². The molecule has 8 nitrogen and oxygen atoms in total. The van der Waals surface area contributed by atoms with E-state index < -0.39 is 10.0 Å². The molecule has 1 aromatic carbocycles. The minimum absolute atomic E-state index is 0.103. The van der Waals surface area contributed by atoms with E-state index in [1.165, 1.54) is 18.3 Å². The zero-order valence-corrected chi connectivity index (χ0v) is 14.4. The van der Waals surface area contributed by atoms with E-state index in [1.54, 1.807) is 23.9 Å². The number of anilines is 2. The number of hydrogen-bond acceptors (Lipinski definition) is 5. The molecule has 128 valence electrons. The van der Waals surface area contributed by atoms with E-state index in [9.17, 15) is 13.2 Å². The molecule has 0 saturated carbocycles. The van der Waals surface area contributed by atoms with E-state index in [1.807, 2.05) is 6.92 Å². The predicted octanol–water partition coefficient (Wildman–Crippen LogP) is 1.57. The number of carbonyl (C=O) groups is 1. The summed E-state index contributed by atoms with van der Waals surface area (Å²) in [5.74, 6) is -0.140. The molecule has 0 unspecified atom stereocenters. The van der Waals surface area contributed by atoms with E-state index in [4.69, 9.17) is 0 Å². The SMILES string of the molecule is Cc1nn(C)c2ncc(NS(=O)(=O)c3ccc4c(c3)CC(=O)N4)cc12. The molecule has 1 aliphatic rings. The lowest BCUT2D eigenvalue weighted by Gasteiger charge is -2.09. The number of benzene rings is 1. The summed E-state index contributed by atoms with van der Waals surface area (Å²) in [6.07, 6.45) is 1.64. The topological polar surface area (TPSA) is 106 Å². The van der Waals surface area contributed by atoms with Crippen molar-refractivity contribution in [2.45, 2.75) is 18.2 Å². The fourth-order valence-electron chi connectivity index (χ4n) is 2.95. The highest BCUT2D eigenvalue weighted by molar-refractivity contribution is 7.92. The summed E-state index contributed by atoms with van der Waals surface area (Å²) in [5, 5.41) is 7.74. The number of sulfonamides is 1. The summed E-state index contributed by atoms with van der Waals surface area (Å²) < 4.78 is 29.5. The van der Waals surface area contributed by atoms with Gasteiger partial charge in [-0.2, -0.15) is 5.10 Å². The predicted molar refractivity (Wildman–Crippen MR) is 92.8 cm³/mol.